The number of Topliss-reactive ketones (excluding diaryl/α,β-unsaturated/α-hetero) is 1. The number of halogens is 1. The van der Waals surface area contributed by atoms with Crippen molar-refractivity contribution in [2.75, 3.05) is 0 Å². The van der Waals surface area contributed by atoms with Gasteiger partial charge in [0.15, 0.2) is 22.8 Å². The third kappa shape index (κ3) is 9.93. The Morgan fingerprint density at radius 1 is 0.788 bits per heavy atom. The van der Waals surface area contributed by atoms with Crippen LogP contribution >= 0.6 is 15.9 Å². The Morgan fingerprint density at radius 2 is 1.21 bits per heavy atom. The number of ketones is 1. The smallest absolute Gasteiger partial charge is 0.187 e. The normalized spacial score (nSPS) is 11.0. The largest absolute Gasteiger partial charge is 0.389 e. The van der Waals surface area contributed by atoms with Crippen molar-refractivity contribution in [1.29, 1.82) is 0 Å². The number of aliphatic hydroxyl groups is 1. The molecule has 0 aliphatic heterocycles. The summed E-state index contributed by atoms with van der Waals surface area (Å²) in [6.07, 6.45) is -0.489. The fraction of sp³-hybridized carbons (Fsp3) is 0.185. The van der Waals surface area contributed by atoms with Crippen molar-refractivity contribution in [2.45, 2.75) is 31.7 Å². The first kappa shape index (κ1) is 27.3. The molecule has 0 amide bonds. The first-order valence-corrected chi connectivity index (χ1v) is 10.9. The molecule has 0 heterocycles. The van der Waals surface area contributed by atoms with Crippen LogP contribution in [0.15, 0.2) is 72.8 Å². The fourth-order valence-electron chi connectivity index (χ4n) is 2.49. The third-order valence-corrected chi connectivity index (χ3v) is 4.85. The molecule has 33 heavy (non-hydrogen) atoms. The van der Waals surface area contributed by atoms with Gasteiger partial charge in [0.1, 0.15) is 0 Å². The van der Waals surface area contributed by atoms with E-state index in [4.69, 9.17) is 24.8 Å². The molecule has 3 aromatic rings. The van der Waals surface area contributed by atoms with E-state index in [-0.39, 0.29) is 5.78 Å². The summed E-state index contributed by atoms with van der Waals surface area (Å²) < 4.78 is 0. The Morgan fingerprint density at radius 3 is 1.64 bits per heavy atom. The Hall–Kier alpha value is -3.76. The minimum Gasteiger partial charge on any atom is -0.389 e. The topological polar surface area (TPSA) is 50.4 Å². The van der Waals surface area contributed by atoms with Gasteiger partial charge in [0.2, 0.25) is 0 Å². The second-order valence-corrected chi connectivity index (χ2v) is 8.30. The molecule has 0 aromatic heterocycles. The maximum Gasteiger partial charge on any atom is 0.187 e. The van der Waals surface area contributed by atoms with Gasteiger partial charge >= 0.3 is 0 Å². The standard InChI is InChI=1S/C9H8BrN.C9H9NO.C9H7NO/c1-7(10)8-4-3-5-9(6-8)11-2;2*1-7(11)8-4-3-5-9(6-8)10-2/h3-7H,1H3;3-7,11H,1H3;3-6H,1H3. The van der Waals surface area contributed by atoms with E-state index in [1.807, 2.05) is 31.2 Å². The van der Waals surface area contributed by atoms with Gasteiger partial charge in [-0.25, -0.2) is 14.5 Å². The second-order valence-electron chi connectivity index (χ2n) is 6.92. The van der Waals surface area contributed by atoms with Crippen LogP contribution in [0.1, 0.15) is 53.2 Å². The highest BCUT2D eigenvalue weighted by Crippen LogP contribution is 2.25. The van der Waals surface area contributed by atoms with E-state index in [0.29, 0.717) is 27.5 Å². The van der Waals surface area contributed by atoms with Gasteiger partial charge in [-0.1, -0.05) is 82.7 Å². The summed E-state index contributed by atoms with van der Waals surface area (Å²) in [7, 11) is 0. The molecule has 0 aliphatic carbocycles. The summed E-state index contributed by atoms with van der Waals surface area (Å²) in [6, 6.07) is 21.3. The molecule has 0 bridgehead atoms. The van der Waals surface area contributed by atoms with Gasteiger partial charge in [0.25, 0.3) is 0 Å². The average Bonchev–Trinajstić information content (AvgIpc) is 2.84. The van der Waals surface area contributed by atoms with Gasteiger partial charge < -0.3 is 5.11 Å². The first-order valence-electron chi connectivity index (χ1n) is 9.97. The number of benzene rings is 3. The maximum absolute atomic E-state index is 10.8. The van der Waals surface area contributed by atoms with Crippen LogP contribution in [-0.2, 0) is 0 Å². The average molecular weight is 502 g/mol. The Balaban J connectivity index is 0.000000247. The number of carbonyl (C=O) groups excluding carboxylic acids is 1. The van der Waals surface area contributed by atoms with Crippen LogP contribution in [0.5, 0.6) is 0 Å². The van der Waals surface area contributed by atoms with E-state index in [9.17, 15) is 4.79 Å². The molecule has 0 saturated carbocycles. The molecular formula is C27H24BrN3O2. The van der Waals surface area contributed by atoms with Gasteiger partial charge in [-0.15, -0.1) is 0 Å². The molecule has 166 valence electrons. The van der Waals surface area contributed by atoms with Crippen LogP contribution < -0.4 is 0 Å². The zero-order valence-corrected chi connectivity index (χ0v) is 20.2. The van der Waals surface area contributed by atoms with Gasteiger partial charge in [-0.3, -0.25) is 4.79 Å². The van der Waals surface area contributed by atoms with Crippen LogP contribution in [-0.4, -0.2) is 10.9 Å². The highest BCUT2D eigenvalue weighted by Gasteiger charge is 2.01. The van der Waals surface area contributed by atoms with Crippen molar-refractivity contribution in [3.63, 3.8) is 0 Å². The fourth-order valence-corrected chi connectivity index (χ4v) is 2.78. The number of hydrogen-bond acceptors (Lipinski definition) is 2. The molecule has 3 rings (SSSR count). The molecule has 0 aliphatic rings. The Kier molecular flexibility index (Phi) is 11.8. The minimum absolute atomic E-state index is 0.00417. The predicted molar refractivity (Wildman–Crippen MR) is 136 cm³/mol. The summed E-state index contributed by atoms with van der Waals surface area (Å²) in [4.78, 5) is 20.9. The van der Waals surface area contributed by atoms with Crippen molar-refractivity contribution < 1.29 is 9.90 Å². The minimum atomic E-state index is -0.489. The summed E-state index contributed by atoms with van der Waals surface area (Å²) in [6.45, 7) is 25.4. The van der Waals surface area contributed by atoms with E-state index in [1.54, 1.807) is 55.5 Å². The molecule has 0 spiro atoms. The van der Waals surface area contributed by atoms with Crippen molar-refractivity contribution in [3.05, 3.63) is 124 Å². The molecule has 0 radical (unpaired) electrons. The summed E-state index contributed by atoms with van der Waals surface area (Å²) >= 11 is 3.44. The van der Waals surface area contributed by atoms with Crippen molar-refractivity contribution >= 4 is 38.8 Å². The van der Waals surface area contributed by atoms with E-state index in [0.717, 1.165) is 11.1 Å². The summed E-state index contributed by atoms with van der Waals surface area (Å²) in [5.41, 5.74) is 4.32. The SMILES string of the molecule is [C-]#[N+]c1cccc(C(C)=O)c1.[C-]#[N+]c1cccc(C(C)Br)c1.[C-]#[N+]c1cccc(C(C)O)c1. The van der Waals surface area contributed by atoms with Crippen LogP contribution in [0.4, 0.5) is 17.1 Å². The molecule has 3 aromatic carbocycles. The van der Waals surface area contributed by atoms with Gasteiger partial charge in [0.05, 0.1) is 25.8 Å². The van der Waals surface area contributed by atoms with E-state index in [2.05, 4.69) is 30.5 Å². The quantitative estimate of drug-likeness (QED) is 0.222. The molecule has 5 nitrogen and oxygen atoms in total. The van der Waals surface area contributed by atoms with Crippen LogP contribution in [0, 0.1) is 19.7 Å². The van der Waals surface area contributed by atoms with Crippen LogP contribution in [0.2, 0.25) is 0 Å². The van der Waals surface area contributed by atoms with Gasteiger partial charge in [-0.05, 0) is 38.0 Å². The third-order valence-electron chi connectivity index (χ3n) is 4.32. The van der Waals surface area contributed by atoms with E-state index in [1.165, 1.54) is 6.92 Å². The zero-order chi connectivity index (χ0) is 24.8. The molecule has 1 N–H and O–H groups in total. The van der Waals surface area contributed by atoms with Crippen LogP contribution in [0.25, 0.3) is 14.5 Å². The molecule has 2 unspecified atom stereocenters. The van der Waals surface area contributed by atoms with Crippen LogP contribution in [0.3, 0.4) is 0 Å². The Bertz CT molecular complexity index is 1140. The molecule has 2 atom stereocenters. The lowest BCUT2D eigenvalue weighted by Gasteiger charge is -2.03. The monoisotopic (exact) mass is 501 g/mol. The molecule has 0 fully saturated rings. The lowest BCUT2D eigenvalue weighted by atomic mass is 10.1. The van der Waals surface area contributed by atoms with E-state index < -0.39 is 6.10 Å². The molecule has 6 heteroatoms. The van der Waals surface area contributed by atoms with Crippen molar-refractivity contribution in [3.8, 4) is 0 Å². The number of nitrogens with zero attached hydrogens (tertiary/aromatic N) is 3. The molecular weight excluding hydrogens is 478 g/mol. The highest BCUT2D eigenvalue weighted by molar-refractivity contribution is 9.09. The number of rotatable bonds is 3. The van der Waals surface area contributed by atoms with E-state index >= 15 is 0 Å². The number of carbonyl (C=O) groups is 1. The Labute approximate surface area is 203 Å². The molecule has 0 saturated heterocycles. The summed E-state index contributed by atoms with van der Waals surface area (Å²) in [5, 5.41) is 9.14. The predicted octanol–water partition coefficient (Wildman–Crippen LogP) is 8.42. The zero-order valence-electron chi connectivity index (χ0n) is 18.7. The first-order chi connectivity index (χ1) is 15.7. The van der Waals surface area contributed by atoms with Crippen molar-refractivity contribution in [2.24, 2.45) is 0 Å². The summed E-state index contributed by atoms with van der Waals surface area (Å²) in [5.74, 6) is -0.00417. The lowest BCUT2D eigenvalue weighted by Crippen LogP contribution is -1.89. The highest BCUT2D eigenvalue weighted by atomic mass is 79.9. The van der Waals surface area contributed by atoms with Gasteiger partial charge in [-0.2, -0.15) is 0 Å². The van der Waals surface area contributed by atoms with Crippen molar-refractivity contribution in [1.82, 2.24) is 0 Å². The van der Waals surface area contributed by atoms with Gasteiger partial charge in [0, 0.05) is 10.4 Å². The number of hydrogen-bond donors (Lipinski definition) is 1. The number of alkyl halides is 1. The number of aliphatic hydroxyl groups excluding tert-OH is 1. The lowest BCUT2D eigenvalue weighted by molar-refractivity contribution is 0.101. The second kappa shape index (κ2) is 14.3. The maximum atomic E-state index is 10.8.